The molecule has 0 saturated carbocycles. The number of aryl methyl sites for hydroxylation is 1. The largest absolute Gasteiger partial charge is 0.416 e. The molecular formula is C31H30F7N3O2. The number of benzene rings is 3. The van der Waals surface area contributed by atoms with E-state index < -0.39 is 46.8 Å². The van der Waals surface area contributed by atoms with Crippen LogP contribution in [0.15, 0.2) is 72.8 Å². The fourth-order valence-corrected chi connectivity index (χ4v) is 5.10. The highest BCUT2D eigenvalue weighted by molar-refractivity contribution is 5.95. The number of nitrogens with one attached hydrogen (secondary N) is 1. The Hall–Kier alpha value is -3.93. The summed E-state index contributed by atoms with van der Waals surface area (Å²) in [5.74, 6) is -2.11. The average molecular weight is 610 g/mol. The molecule has 1 heterocycles. The van der Waals surface area contributed by atoms with Crippen molar-refractivity contribution in [3.63, 3.8) is 0 Å². The highest BCUT2D eigenvalue weighted by Gasteiger charge is 2.39. The zero-order valence-electron chi connectivity index (χ0n) is 23.0. The summed E-state index contributed by atoms with van der Waals surface area (Å²) in [5, 5.41) is 3.08. The summed E-state index contributed by atoms with van der Waals surface area (Å²) in [4.78, 5) is 29.1. The number of rotatable bonds is 8. The standard InChI is InChI=1S/C31H30F7N3O2/c32-26-11-5-4-10-25(26)27-12-14-40(28(42)20-39-13-6-9-21-7-2-1-3-8-21)15-16-41(27)29(43)22-17-23(30(33,34)35)19-24(18-22)31(36,37)38/h1-5,7-8,10-11,17-19,27,39H,6,9,12-16,20H2. The number of alkyl halides is 6. The van der Waals surface area contributed by atoms with E-state index >= 15 is 0 Å². The van der Waals surface area contributed by atoms with Gasteiger partial charge in [0, 0.05) is 30.8 Å². The molecule has 43 heavy (non-hydrogen) atoms. The van der Waals surface area contributed by atoms with Crippen LogP contribution in [0.25, 0.3) is 0 Å². The quantitative estimate of drug-likeness (QED) is 0.234. The molecule has 2 amide bonds. The van der Waals surface area contributed by atoms with E-state index in [1.54, 1.807) is 0 Å². The summed E-state index contributed by atoms with van der Waals surface area (Å²) in [5.41, 5.74) is -2.87. The molecule has 0 bridgehead atoms. The number of nitrogens with zero attached hydrogens (tertiary/aromatic N) is 2. The molecule has 5 nitrogen and oxygen atoms in total. The Labute approximate surface area is 244 Å². The lowest BCUT2D eigenvalue weighted by atomic mass is 9.99. The van der Waals surface area contributed by atoms with Crippen molar-refractivity contribution in [3.8, 4) is 0 Å². The maximum absolute atomic E-state index is 14.9. The Morgan fingerprint density at radius 3 is 2.07 bits per heavy atom. The van der Waals surface area contributed by atoms with Crippen molar-refractivity contribution in [3.05, 3.63) is 106 Å². The Balaban J connectivity index is 1.53. The average Bonchev–Trinajstić information content (AvgIpc) is 3.19. The number of amides is 2. The highest BCUT2D eigenvalue weighted by atomic mass is 19.4. The van der Waals surface area contributed by atoms with Crippen molar-refractivity contribution in [2.24, 2.45) is 0 Å². The first-order valence-electron chi connectivity index (χ1n) is 13.7. The molecule has 1 aliphatic rings. The minimum absolute atomic E-state index is 0.00429. The predicted octanol–water partition coefficient (Wildman–Crippen LogP) is 6.50. The molecule has 12 heteroatoms. The van der Waals surface area contributed by atoms with Gasteiger partial charge >= 0.3 is 12.4 Å². The van der Waals surface area contributed by atoms with Gasteiger partial charge in [0.15, 0.2) is 0 Å². The van der Waals surface area contributed by atoms with Gasteiger partial charge in [-0.1, -0.05) is 48.5 Å². The molecule has 0 spiro atoms. The fourth-order valence-electron chi connectivity index (χ4n) is 5.10. The molecule has 0 aromatic heterocycles. The summed E-state index contributed by atoms with van der Waals surface area (Å²) in [7, 11) is 0. The molecule has 1 unspecified atom stereocenters. The van der Waals surface area contributed by atoms with Gasteiger partial charge in [-0.3, -0.25) is 9.59 Å². The van der Waals surface area contributed by atoms with E-state index in [0.29, 0.717) is 18.7 Å². The third-order valence-corrected chi connectivity index (χ3v) is 7.31. The van der Waals surface area contributed by atoms with Crippen LogP contribution in [-0.2, 0) is 23.6 Å². The maximum Gasteiger partial charge on any atom is 0.416 e. The predicted molar refractivity (Wildman–Crippen MR) is 145 cm³/mol. The molecule has 4 rings (SSSR count). The minimum atomic E-state index is -5.14. The topological polar surface area (TPSA) is 52.7 Å². The lowest BCUT2D eigenvalue weighted by Gasteiger charge is -2.30. The van der Waals surface area contributed by atoms with Gasteiger partial charge < -0.3 is 15.1 Å². The van der Waals surface area contributed by atoms with E-state index in [-0.39, 0.29) is 50.1 Å². The first-order chi connectivity index (χ1) is 20.3. The van der Waals surface area contributed by atoms with Gasteiger partial charge in [0.25, 0.3) is 5.91 Å². The summed E-state index contributed by atoms with van der Waals surface area (Å²) in [6.45, 7) is 0.398. The van der Waals surface area contributed by atoms with Crippen LogP contribution < -0.4 is 5.32 Å². The van der Waals surface area contributed by atoms with Gasteiger partial charge in [0.2, 0.25) is 5.91 Å². The second kappa shape index (κ2) is 13.6. The van der Waals surface area contributed by atoms with E-state index in [9.17, 15) is 40.3 Å². The normalized spacial score (nSPS) is 16.2. The summed E-state index contributed by atoms with van der Waals surface area (Å²) >= 11 is 0. The van der Waals surface area contributed by atoms with Crippen LogP contribution in [0.2, 0.25) is 0 Å². The van der Waals surface area contributed by atoms with Gasteiger partial charge in [0.1, 0.15) is 5.82 Å². The zero-order valence-corrected chi connectivity index (χ0v) is 23.0. The van der Waals surface area contributed by atoms with Crippen molar-refractivity contribution in [1.29, 1.82) is 0 Å². The Bertz CT molecular complexity index is 1380. The van der Waals surface area contributed by atoms with Crippen LogP contribution in [0.4, 0.5) is 30.7 Å². The number of carbonyl (C=O) groups excluding carboxylic acids is 2. The maximum atomic E-state index is 14.9. The lowest BCUT2D eigenvalue weighted by Crippen LogP contribution is -2.41. The SMILES string of the molecule is O=C(CNCCCc1ccccc1)N1CCC(c2ccccc2F)N(C(=O)c2cc(C(F)(F)F)cc(C(F)(F)F)c2)CC1. The third-order valence-electron chi connectivity index (χ3n) is 7.31. The molecule has 3 aromatic carbocycles. The number of carbonyl (C=O) groups is 2. The lowest BCUT2D eigenvalue weighted by molar-refractivity contribution is -0.143. The molecule has 3 aromatic rings. The first-order valence-corrected chi connectivity index (χ1v) is 13.7. The van der Waals surface area contributed by atoms with Crippen LogP contribution in [0, 0.1) is 5.82 Å². The Morgan fingerprint density at radius 2 is 1.44 bits per heavy atom. The van der Waals surface area contributed by atoms with Crippen LogP contribution in [0.3, 0.4) is 0 Å². The summed E-state index contributed by atoms with van der Waals surface area (Å²) in [6.07, 6.45) is -8.66. The minimum Gasteiger partial charge on any atom is -0.340 e. The summed E-state index contributed by atoms with van der Waals surface area (Å²) < 4.78 is 95.8. The van der Waals surface area contributed by atoms with E-state index in [4.69, 9.17) is 0 Å². The zero-order chi connectivity index (χ0) is 31.2. The van der Waals surface area contributed by atoms with Gasteiger partial charge in [-0.15, -0.1) is 0 Å². The van der Waals surface area contributed by atoms with Crippen LogP contribution in [0.5, 0.6) is 0 Å². The highest BCUT2D eigenvalue weighted by Crippen LogP contribution is 2.38. The first kappa shape index (κ1) is 32.0. The van der Waals surface area contributed by atoms with Crippen molar-refractivity contribution < 1.29 is 40.3 Å². The van der Waals surface area contributed by atoms with Gasteiger partial charge in [-0.05, 0) is 55.6 Å². The molecular weight excluding hydrogens is 579 g/mol. The van der Waals surface area contributed by atoms with E-state index in [0.717, 1.165) is 29.4 Å². The van der Waals surface area contributed by atoms with Crippen molar-refractivity contribution in [2.45, 2.75) is 37.7 Å². The monoisotopic (exact) mass is 609 g/mol. The third kappa shape index (κ3) is 8.34. The molecule has 1 fully saturated rings. The van der Waals surface area contributed by atoms with Gasteiger partial charge in [0.05, 0.1) is 23.7 Å². The fraction of sp³-hybridized carbons (Fsp3) is 0.355. The van der Waals surface area contributed by atoms with Gasteiger partial charge in [-0.25, -0.2) is 4.39 Å². The second-order valence-electron chi connectivity index (χ2n) is 10.3. The molecule has 0 aliphatic carbocycles. The number of hydrogen-bond donors (Lipinski definition) is 1. The Morgan fingerprint density at radius 1 is 0.814 bits per heavy atom. The molecule has 1 aliphatic heterocycles. The number of hydrogen-bond acceptors (Lipinski definition) is 3. The molecule has 1 saturated heterocycles. The summed E-state index contributed by atoms with van der Waals surface area (Å²) in [6, 6.07) is 14.9. The smallest absolute Gasteiger partial charge is 0.340 e. The van der Waals surface area contributed by atoms with Gasteiger partial charge in [-0.2, -0.15) is 26.3 Å². The number of halogens is 7. The van der Waals surface area contributed by atoms with Crippen LogP contribution in [0.1, 0.15) is 51.5 Å². The molecule has 1 atom stereocenters. The molecule has 1 N–H and O–H groups in total. The van der Waals surface area contributed by atoms with E-state index in [1.807, 2.05) is 30.3 Å². The van der Waals surface area contributed by atoms with Crippen molar-refractivity contribution >= 4 is 11.8 Å². The van der Waals surface area contributed by atoms with Crippen molar-refractivity contribution in [2.75, 3.05) is 32.7 Å². The second-order valence-corrected chi connectivity index (χ2v) is 10.3. The van der Waals surface area contributed by atoms with E-state index in [1.165, 1.54) is 23.1 Å². The molecule has 230 valence electrons. The van der Waals surface area contributed by atoms with Crippen molar-refractivity contribution in [1.82, 2.24) is 15.1 Å². The van der Waals surface area contributed by atoms with E-state index in [2.05, 4.69) is 5.32 Å². The molecule has 0 radical (unpaired) electrons. The van der Waals surface area contributed by atoms with Crippen LogP contribution >= 0.6 is 0 Å². The van der Waals surface area contributed by atoms with Crippen LogP contribution in [-0.4, -0.2) is 54.3 Å². The Kier molecular flexibility index (Phi) is 10.1.